The van der Waals surface area contributed by atoms with Crippen LogP contribution in [0.4, 0.5) is 4.39 Å². The molecule has 1 aliphatic rings. The van der Waals surface area contributed by atoms with Crippen LogP contribution < -0.4 is 10.6 Å². The van der Waals surface area contributed by atoms with Crippen LogP contribution >= 0.6 is 11.6 Å². The first-order valence-corrected chi connectivity index (χ1v) is 10.9. The summed E-state index contributed by atoms with van der Waals surface area (Å²) in [7, 11) is 0. The molecule has 4 rings (SSSR count). The number of H-pyrrole nitrogens is 1. The third kappa shape index (κ3) is 5.41. The Labute approximate surface area is 184 Å². The van der Waals surface area contributed by atoms with Gasteiger partial charge in [-0.2, -0.15) is 0 Å². The van der Waals surface area contributed by atoms with E-state index in [-0.39, 0.29) is 24.2 Å². The van der Waals surface area contributed by atoms with Gasteiger partial charge >= 0.3 is 0 Å². The Morgan fingerprint density at radius 1 is 1.16 bits per heavy atom. The van der Waals surface area contributed by atoms with Crippen LogP contribution in [0.25, 0.3) is 10.9 Å². The van der Waals surface area contributed by atoms with Crippen LogP contribution in [-0.4, -0.2) is 33.9 Å². The molecule has 0 radical (unpaired) electrons. The monoisotopic (exact) mass is 442 g/mol. The van der Waals surface area contributed by atoms with Crippen LogP contribution in [0.5, 0.6) is 0 Å². The molecule has 0 bridgehead atoms. The molecule has 31 heavy (non-hydrogen) atoms. The maximum Gasteiger partial charge on any atom is 0.268 e. The number of halogens is 2. The van der Waals surface area contributed by atoms with E-state index in [9.17, 15) is 14.0 Å². The van der Waals surface area contributed by atoms with Crippen molar-refractivity contribution in [2.75, 3.05) is 0 Å². The summed E-state index contributed by atoms with van der Waals surface area (Å²) in [6, 6.07) is 8.62. The first kappa shape index (κ1) is 21.3. The summed E-state index contributed by atoms with van der Waals surface area (Å²) in [6.07, 6.45) is 7.06. The van der Waals surface area contributed by atoms with Crippen LogP contribution in [0.3, 0.4) is 0 Å². The zero-order chi connectivity index (χ0) is 21.8. The van der Waals surface area contributed by atoms with E-state index < -0.39 is 11.9 Å². The van der Waals surface area contributed by atoms with Crippen molar-refractivity contribution in [2.45, 2.75) is 50.6 Å². The van der Waals surface area contributed by atoms with Gasteiger partial charge in [0, 0.05) is 17.8 Å². The molecule has 6 nitrogen and oxygen atoms in total. The third-order valence-corrected chi connectivity index (χ3v) is 5.85. The molecule has 2 heterocycles. The van der Waals surface area contributed by atoms with Gasteiger partial charge in [-0.1, -0.05) is 43.0 Å². The summed E-state index contributed by atoms with van der Waals surface area (Å²) < 4.78 is 13.3. The fourth-order valence-electron chi connectivity index (χ4n) is 3.98. The Kier molecular flexibility index (Phi) is 6.51. The number of nitrogens with zero attached hydrogens (tertiary/aromatic N) is 1. The van der Waals surface area contributed by atoms with Crippen molar-refractivity contribution >= 4 is 34.3 Å². The largest absolute Gasteiger partial charge is 0.352 e. The Balaban J connectivity index is 1.52. The van der Waals surface area contributed by atoms with Gasteiger partial charge in [-0.3, -0.25) is 9.59 Å². The summed E-state index contributed by atoms with van der Waals surface area (Å²) in [5, 5.41) is 7.00. The smallest absolute Gasteiger partial charge is 0.268 e. The number of carbonyl (C=O) groups excluding carboxylic acids is 2. The fraction of sp³-hybridized carbons (Fsp3) is 0.348. The number of fused-ring (bicyclic) bond motifs is 1. The number of aromatic nitrogens is 2. The molecule has 0 saturated heterocycles. The van der Waals surface area contributed by atoms with Gasteiger partial charge in [-0.05, 0) is 42.7 Å². The second-order valence-corrected chi connectivity index (χ2v) is 8.36. The summed E-state index contributed by atoms with van der Waals surface area (Å²) in [5.74, 6) is -0.982. The lowest BCUT2D eigenvalue weighted by Gasteiger charge is -2.26. The van der Waals surface area contributed by atoms with Gasteiger partial charge in [0.15, 0.2) is 0 Å². The number of nitrogens with one attached hydrogen (secondary N) is 3. The Hall–Kier alpha value is -2.93. The van der Waals surface area contributed by atoms with E-state index in [1.807, 2.05) is 0 Å². The second kappa shape index (κ2) is 9.47. The van der Waals surface area contributed by atoms with Crippen molar-refractivity contribution in [1.29, 1.82) is 0 Å². The molecular weight excluding hydrogens is 419 g/mol. The summed E-state index contributed by atoms with van der Waals surface area (Å²) in [5.41, 5.74) is 1.75. The third-order valence-electron chi connectivity index (χ3n) is 5.64. The Bertz CT molecular complexity index is 1080. The second-order valence-electron chi connectivity index (χ2n) is 7.98. The van der Waals surface area contributed by atoms with Gasteiger partial charge in [-0.15, -0.1) is 0 Å². The molecule has 0 unspecified atom stereocenters. The first-order chi connectivity index (χ1) is 15.0. The van der Waals surface area contributed by atoms with Gasteiger partial charge in [0.1, 0.15) is 22.7 Å². The Morgan fingerprint density at radius 2 is 1.90 bits per heavy atom. The quantitative estimate of drug-likeness (QED) is 0.501. The predicted octanol–water partition coefficient (Wildman–Crippen LogP) is 4.15. The van der Waals surface area contributed by atoms with Crippen molar-refractivity contribution < 1.29 is 14.0 Å². The summed E-state index contributed by atoms with van der Waals surface area (Å²) in [6.45, 7) is 0. The fourth-order valence-corrected chi connectivity index (χ4v) is 4.14. The van der Waals surface area contributed by atoms with Crippen molar-refractivity contribution in [1.82, 2.24) is 20.6 Å². The molecule has 2 amide bonds. The van der Waals surface area contributed by atoms with Crippen LogP contribution in [0.1, 0.15) is 48.2 Å². The number of hydrogen-bond acceptors (Lipinski definition) is 3. The van der Waals surface area contributed by atoms with Crippen LogP contribution in [0.15, 0.2) is 42.6 Å². The predicted molar refractivity (Wildman–Crippen MR) is 117 cm³/mol. The number of carbonyl (C=O) groups is 2. The maximum atomic E-state index is 13.3. The molecule has 3 N–H and O–H groups in total. The van der Waals surface area contributed by atoms with Crippen LogP contribution in [0.2, 0.25) is 5.15 Å². The maximum absolute atomic E-state index is 13.3. The SMILES string of the molecule is O=C(N[C@@H](Cc1ccc(F)cc1)C(=O)NC1CCCCC1)c1cc2cc(Cl)ncc2[nH]1. The molecule has 8 heteroatoms. The van der Waals surface area contributed by atoms with E-state index in [1.165, 1.54) is 18.6 Å². The Morgan fingerprint density at radius 3 is 2.65 bits per heavy atom. The lowest BCUT2D eigenvalue weighted by Crippen LogP contribution is -2.51. The molecule has 1 atom stereocenters. The normalized spacial score (nSPS) is 15.5. The highest BCUT2D eigenvalue weighted by Crippen LogP contribution is 2.19. The highest BCUT2D eigenvalue weighted by atomic mass is 35.5. The van der Waals surface area contributed by atoms with Gasteiger partial charge < -0.3 is 15.6 Å². The highest BCUT2D eigenvalue weighted by molar-refractivity contribution is 6.30. The lowest BCUT2D eigenvalue weighted by atomic mass is 9.95. The number of pyridine rings is 1. The van der Waals surface area contributed by atoms with Crippen molar-refractivity contribution in [3.05, 3.63) is 64.8 Å². The van der Waals surface area contributed by atoms with Gasteiger partial charge in [-0.25, -0.2) is 9.37 Å². The topological polar surface area (TPSA) is 86.9 Å². The molecular formula is C23H24ClFN4O2. The minimum absolute atomic E-state index is 0.121. The summed E-state index contributed by atoms with van der Waals surface area (Å²) in [4.78, 5) is 33.0. The first-order valence-electron chi connectivity index (χ1n) is 10.5. The van der Waals surface area contributed by atoms with Crippen molar-refractivity contribution in [3.63, 3.8) is 0 Å². The molecule has 1 fully saturated rings. The number of amides is 2. The zero-order valence-corrected chi connectivity index (χ0v) is 17.7. The minimum Gasteiger partial charge on any atom is -0.352 e. The highest BCUT2D eigenvalue weighted by Gasteiger charge is 2.25. The van der Waals surface area contributed by atoms with Gasteiger partial charge in [0.05, 0.1) is 11.7 Å². The number of aromatic amines is 1. The van der Waals surface area contributed by atoms with Crippen molar-refractivity contribution in [3.8, 4) is 0 Å². The van der Waals surface area contributed by atoms with Crippen LogP contribution in [-0.2, 0) is 11.2 Å². The summed E-state index contributed by atoms with van der Waals surface area (Å²) >= 11 is 5.92. The minimum atomic E-state index is -0.784. The lowest BCUT2D eigenvalue weighted by molar-refractivity contribution is -0.123. The molecule has 0 aliphatic heterocycles. The van der Waals surface area contributed by atoms with E-state index in [0.717, 1.165) is 36.6 Å². The zero-order valence-electron chi connectivity index (χ0n) is 17.0. The number of rotatable bonds is 6. The number of hydrogen-bond donors (Lipinski definition) is 3. The molecule has 3 aromatic rings. The standard InChI is InChI=1S/C23H24ClFN4O2/c24-21-12-15-11-19(28-20(15)13-26-21)23(31)29-18(10-14-6-8-16(25)9-7-14)22(30)27-17-4-2-1-3-5-17/h6-9,11-13,17-18,28H,1-5,10H2,(H,27,30)(H,29,31)/t18-/m0/s1. The average molecular weight is 443 g/mol. The molecule has 1 saturated carbocycles. The average Bonchev–Trinajstić information content (AvgIpc) is 3.19. The van der Waals surface area contributed by atoms with E-state index in [1.54, 1.807) is 30.5 Å². The molecule has 0 spiro atoms. The molecule has 2 aromatic heterocycles. The van der Waals surface area contributed by atoms with E-state index in [4.69, 9.17) is 11.6 Å². The molecule has 1 aliphatic carbocycles. The van der Waals surface area contributed by atoms with E-state index in [2.05, 4.69) is 20.6 Å². The molecule has 1 aromatic carbocycles. The van der Waals surface area contributed by atoms with E-state index >= 15 is 0 Å². The van der Waals surface area contributed by atoms with Crippen LogP contribution in [0, 0.1) is 5.82 Å². The van der Waals surface area contributed by atoms with E-state index in [0.29, 0.717) is 16.4 Å². The van der Waals surface area contributed by atoms with Gasteiger partial charge in [0.25, 0.3) is 5.91 Å². The number of benzene rings is 1. The van der Waals surface area contributed by atoms with Crippen molar-refractivity contribution in [2.24, 2.45) is 0 Å². The van der Waals surface area contributed by atoms with Gasteiger partial charge in [0.2, 0.25) is 5.91 Å². The molecule has 162 valence electrons.